The van der Waals surface area contributed by atoms with Crippen molar-refractivity contribution in [2.45, 2.75) is 32.5 Å². The molecule has 1 aliphatic rings. The van der Waals surface area contributed by atoms with E-state index in [1.54, 1.807) is 18.5 Å². The van der Waals surface area contributed by atoms with Gasteiger partial charge < -0.3 is 19.5 Å². The molecule has 0 saturated carbocycles. The zero-order valence-corrected chi connectivity index (χ0v) is 21.2. The van der Waals surface area contributed by atoms with E-state index in [4.69, 9.17) is 17.0 Å². The van der Waals surface area contributed by atoms with Crippen LogP contribution >= 0.6 is 12.2 Å². The maximum Gasteiger partial charge on any atom is 0.339 e. The van der Waals surface area contributed by atoms with Crippen LogP contribution in [-0.2, 0) is 11.3 Å². The Morgan fingerprint density at radius 1 is 1.08 bits per heavy atom. The van der Waals surface area contributed by atoms with Crippen LogP contribution in [-0.4, -0.2) is 37.6 Å². The van der Waals surface area contributed by atoms with E-state index in [0.29, 0.717) is 17.2 Å². The van der Waals surface area contributed by atoms with Gasteiger partial charge in [0.05, 0.1) is 36.1 Å². The highest BCUT2D eigenvalue weighted by Crippen LogP contribution is 2.42. The Hall–Kier alpha value is -4.04. The van der Waals surface area contributed by atoms with Crippen molar-refractivity contribution >= 4 is 23.3 Å². The van der Waals surface area contributed by atoms with Gasteiger partial charge in [-0.25, -0.2) is 4.79 Å². The van der Waals surface area contributed by atoms with Crippen LogP contribution in [0.4, 0.5) is 0 Å². The first-order chi connectivity index (χ1) is 17.5. The summed E-state index contributed by atoms with van der Waals surface area (Å²) in [7, 11) is 1.40. The highest BCUT2D eigenvalue weighted by Gasteiger charge is 2.41. The number of carbonyl (C=O) groups is 1. The molecule has 2 atom stereocenters. The molecule has 1 N–H and O–H groups in total. The predicted molar refractivity (Wildman–Crippen MR) is 142 cm³/mol. The number of aryl methyl sites for hydroxylation is 1. The Bertz CT molecular complexity index is 1400. The number of hydrogen-bond donors (Lipinski definition) is 1. The lowest BCUT2D eigenvalue weighted by molar-refractivity contribution is 0.0600. The van der Waals surface area contributed by atoms with Gasteiger partial charge in [0.15, 0.2) is 5.11 Å². The average Bonchev–Trinajstić information content (AvgIpc) is 3.39. The maximum absolute atomic E-state index is 12.5. The summed E-state index contributed by atoms with van der Waals surface area (Å²) in [4.78, 5) is 23.7. The van der Waals surface area contributed by atoms with Gasteiger partial charge in [-0.05, 0) is 73.6 Å². The highest BCUT2D eigenvalue weighted by atomic mass is 32.1. The summed E-state index contributed by atoms with van der Waals surface area (Å²) < 4.78 is 7.17. The van der Waals surface area contributed by atoms with Crippen molar-refractivity contribution in [3.63, 3.8) is 0 Å². The van der Waals surface area contributed by atoms with Gasteiger partial charge in [0, 0.05) is 36.5 Å². The first-order valence-electron chi connectivity index (χ1n) is 11.7. The standard InChI is InChI=1S/C28H27N5O2S/c1-18-15-22(19(2)33(18)24-12-5-4-10-21(24)27(34)35-3)26-25(23-11-6-7-14-30-23)31-28(36)32(26)17-20-9-8-13-29-16-20/h4-16,25-26H,17H2,1-3H3,(H,31,36)/t25-,26+/m0/s1. The van der Waals surface area contributed by atoms with Crippen molar-refractivity contribution in [3.8, 4) is 5.69 Å². The summed E-state index contributed by atoms with van der Waals surface area (Å²) in [6, 6.07) is 19.3. The molecule has 1 fully saturated rings. The number of nitrogens with zero attached hydrogens (tertiary/aromatic N) is 4. The lowest BCUT2D eigenvalue weighted by atomic mass is 9.96. The van der Waals surface area contributed by atoms with E-state index in [2.05, 4.69) is 43.8 Å². The van der Waals surface area contributed by atoms with Gasteiger partial charge in [0.25, 0.3) is 0 Å². The number of para-hydroxylation sites is 1. The first-order valence-corrected chi connectivity index (χ1v) is 12.1. The third-order valence-corrected chi connectivity index (χ3v) is 6.97. The summed E-state index contributed by atoms with van der Waals surface area (Å²) in [5, 5.41) is 4.18. The van der Waals surface area contributed by atoms with Crippen molar-refractivity contribution in [2.24, 2.45) is 0 Å². The average molecular weight is 498 g/mol. The van der Waals surface area contributed by atoms with E-state index in [1.807, 2.05) is 55.6 Å². The molecule has 36 heavy (non-hydrogen) atoms. The van der Waals surface area contributed by atoms with Gasteiger partial charge in [0.1, 0.15) is 0 Å². The molecule has 182 valence electrons. The van der Waals surface area contributed by atoms with Crippen LogP contribution in [0.2, 0.25) is 0 Å². The van der Waals surface area contributed by atoms with Crippen molar-refractivity contribution in [3.05, 3.63) is 113 Å². The minimum atomic E-state index is -0.368. The molecule has 0 spiro atoms. The predicted octanol–water partition coefficient (Wildman–Crippen LogP) is 4.84. The number of benzene rings is 1. The molecular weight excluding hydrogens is 470 g/mol. The number of methoxy groups -OCH3 is 1. The quantitative estimate of drug-likeness (QED) is 0.302. The summed E-state index contributed by atoms with van der Waals surface area (Å²) in [6.07, 6.45) is 5.44. The van der Waals surface area contributed by atoms with Crippen molar-refractivity contribution in [1.82, 2.24) is 24.8 Å². The van der Waals surface area contributed by atoms with Gasteiger partial charge >= 0.3 is 5.97 Å². The topological polar surface area (TPSA) is 72.3 Å². The van der Waals surface area contributed by atoms with Crippen molar-refractivity contribution in [2.75, 3.05) is 7.11 Å². The van der Waals surface area contributed by atoms with Crippen LogP contribution in [0, 0.1) is 13.8 Å². The summed E-state index contributed by atoms with van der Waals surface area (Å²) in [5.41, 5.74) is 6.43. The Morgan fingerprint density at radius 2 is 1.89 bits per heavy atom. The van der Waals surface area contributed by atoms with E-state index in [1.165, 1.54) is 7.11 Å². The molecule has 3 aromatic heterocycles. The fourth-order valence-electron chi connectivity index (χ4n) is 5.01. The summed E-state index contributed by atoms with van der Waals surface area (Å²) in [6.45, 7) is 4.73. The van der Waals surface area contributed by atoms with E-state index in [9.17, 15) is 4.79 Å². The Morgan fingerprint density at radius 3 is 2.61 bits per heavy atom. The molecule has 1 saturated heterocycles. The normalized spacial score (nSPS) is 17.2. The minimum absolute atomic E-state index is 0.113. The third-order valence-electron chi connectivity index (χ3n) is 6.61. The molecule has 1 aromatic carbocycles. The smallest absolute Gasteiger partial charge is 0.339 e. The van der Waals surface area contributed by atoms with Crippen LogP contribution < -0.4 is 5.32 Å². The molecule has 5 rings (SSSR count). The molecule has 7 nitrogen and oxygen atoms in total. The van der Waals surface area contributed by atoms with Gasteiger partial charge in [-0.2, -0.15) is 0 Å². The fourth-order valence-corrected chi connectivity index (χ4v) is 5.32. The van der Waals surface area contributed by atoms with E-state index in [-0.39, 0.29) is 18.1 Å². The maximum atomic E-state index is 12.5. The van der Waals surface area contributed by atoms with Crippen LogP contribution in [0.25, 0.3) is 5.69 Å². The van der Waals surface area contributed by atoms with Crippen LogP contribution in [0.15, 0.2) is 79.3 Å². The molecule has 4 aromatic rings. The number of carbonyl (C=O) groups excluding carboxylic acids is 1. The number of esters is 1. The molecule has 0 amide bonds. The first kappa shape index (κ1) is 23.7. The SMILES string of the molecule is COC(=O)c1ccccc1-n1c(C)cc([C@@H]2[C@H](c3ccccn3)NC(=S)N2Cc2cccnc2)c1C. The monoisotopic (exact) mass is 497 g/mol. The molecule has 0 bridgehead atoms. The Labute approximate surface area is 215 Å². The number of rotatable bonds is 6. The van der Waals surface area contributed by atoms with Crippen molar-refractivity contribution in [1.29, 1.82) is 0 Å². The van der Waals surface area contributed by atoms with Gasteiger partial charge in [-0.3, -0.25) is 9.97 Å². The Kier molecular flexibility index (Phi) is 6.52. The van der Waals surface area contributed by atoms with Gasteiger partial charge in [-0.15, -0.1) is 0 Å². The van der Waals surface area contributed by atoms with Crippen molar-refractivity contribution < 1.29 is 9.53 Å². The van der Waals surface area contributed by atoms with E-state index in [0.717, 1.165) is 33.9 Å². The number of pyridine rings is 2. The summed E-state index contributed by atoms with van der Waals surface area (Å²) in [5.74, 6) is -0.368. The number of nitrogens with one attached hydrogen (secondary N) is 1. The minimum Gasteiger partial charge on any atom is -0.465 e. The molecule has 0 radical (unpaired) electrons. The fraction of sp³-hybridized carbons (Fsp3) is 0.214. The molecule has 8 heteroatoms. The van der Waals surface area contributed by atoms with Gasteiger partial charge in [-0.1, -0.05) is 24.3 Å². The second-order valence-corrected chi connectivity index (χ2v) is 9.17. The summed E-state index contributed by atoms with van der Waals surface area (Å²) >= 11 is 5.84. The molecule has 0 aliphatic carbocycles. The number of ether oxygens (including phenoxy) is 1. The van der Waals surface area contributed by atoms with Crippen LogP contribution in [0.5, 0.6) is 0 Å². The molecule has 4 heterocycles. The molecule has 1 aliphatic heterocycles. The Balaban J connectivity index is 1.64. The lowest BCUT2D eigenvalue weighted by Gasteiger charge is -2.28. The number of aromatic nitrogens is 3. The third kappa shape index (κ3) is 4.24. The van der Waals surface area contributed by atoms with E-state index >= 15 is 0 Å². The lowest BCUT2D eigenvalue weighted by Crippen LogP contribution is -2.29. The zero-order chi connectivity index (χ0) is 25.2. The van der Waals surface area contributed by atoms with Gasteiger partial charge in [0.2, 0.25) is 0 Å². The zero-order valence-electron chi connectivity index (χ0n) is 20.4. The van der Waals surface area contributed by atoms with E-state index < -0.39 is 0 Å². The molecular formula is C28H27N5O2S. The number of thiocarbonyl (C=S) groups is 1. The van der Waals surface area contributed by atoms with Crippen LogP contribution in [0.3, 0.4) is 0 Å². The second kappa shape index (κ2) is 9.91. The largest absolute Gasteiger partial charge is 0.465 e. The van der Waals surface area contributed by atoms with Crippen LogP contribution in [0.1, 0.15) is 50.7 Å². The highest BCUT2D eigenvalue weighted by molar-refractivity contribution is 7.80. The molecule has 0 unspecified atom stereocenters. The second-order valence-electron chi connectivity index (χ2n) is 8.79. The number of hydrogen-bond acceptors (Lipinski definition) is 5.